The van der Waals surface area contributed by atoms with Crippen LogP contribution in [0.5, 0.6) is 0 Å². The second-order valence-electron chi connectivity index (χ2n) is 4.16. The standard InChI is InChI=1S/C11H20N2/c1-11-6-5-9-13(10-11)8-4-2-3-7-12/h11H,2-6,8-10H2,1H3. The number of likely N-dealkylation sites (tertiary alicyclic amines) is 1. The normalized spacial score (nSPS) is 24.2. The first-order valence-corrected chi connectivity index (χ1v) is 5.42. The van der Waals surface area contributed by atoms with Crippen LogP contribution in [0.2, 0.25) is 0 Å². The molecule has 0 saturated carbocycles. The summed E-state index contributed by atoms with van der Waals surface area (Å²) >= 11 is 0. The molecule has 1 aliphatic heterocycles. The van der Waals surface area contributed by atoms with Crippen molar-refractivity contribution in [3.63, 3.8) is 0 Å². The van der Waals surface area contributed by atoms with Crippen molar-refractivity contribution in [3.8, 4) is 6.07 Å². The first-order chi connectivity index (χ1) is 6.33. The van der Waals surface area contributed by atoms with Crippen molar-refractivity contribution in [1.29, 1.82) is 5.26 Å². The summed E-state index contributed by atoms with van der Waals surface area (Å²) in [4.78, 5) is 2.55. The second-order valence-corrected chi connectivity index (χ2v) is 4.16. The van der Waals surface area contributed by atoms with Crippen LogP contribution < -0.4 is 0 Å². The molecule has 1 rings (SSSR count). The number of hydrogen-bond donors (Lipinski definition) is 0. The van der Waals surface area contributed by atoms with Gasteiger partial charge in [-0.05, 0) is 44.7 Å². The quantitative estimate of drug-likeness (QED) is 0.621. The molecule has 2 nitrogen and oxygen atoms in total. The van der Waals surface area contributed by atoms with Gasteiger partial charge < -0.3 is 4.90 Å². The van der Waals surface area contributed by atoms with E-state index >= 15 is 0 Å². The summed E-state index contributed by atoms with van der Waals surface area (Å²) in [6, 6.07) is 2.20. The first-order valence-electron chi connectivity index (χ1n) is 5.42. The number of hydrogen-bond acceptors (Lipinski definition) is 2. The molecule has 0 aromatic rings. The lowest BCUT2D eigenvalue weighted by molar-refractivity contribution is 0.181. The maximum absolute atomic E-state index is 8.38. The summed E-state index contributed by atoms with van der Waals surface area (Å²) < 4.78 is 0. The summed E-state index contributed by atoms with van der Waals surface area (Å²) in [5.74, 6) is 0.879. The molecule has 0 amide bonds. The third-order valence-corrected chi connectivity index (χ3v) is 2.75. The number of piperidine rings is 1. The van der Waals surface area contributed by atoms with Crippen molar-refractivity contribution in [2.45, 2.75) is 39.0 Å². The zero-order chi connectivity index (χ0) is 9.52. The highest BCUT2D eigenvalue weighted by molar-refractivity contribution is 4.72. The lowest BCUT2D eigenvalue weighted by atomic mass is 10.00. The van der Waals surface area contributed by atoms with Gasteiger partial charge in [0, 0.05) is 13.0 Å². The summed E-state index contributed by atoms with van der Waals surface area (Å²) in [5, 5.41) is 8.38. The van der Waals surface area contributed by atoms with Gasteiger partial charge in [0.25, 0.3) is 0 Å². The van der Waals surface area contributed by atoms with E-state index in [2.05, 4.69) is 17.9 Å². The third-order valence-electron chi connectivity index (χ3n) is 2.75. The van der Waals surface area contributed by atoms with Gasteiger partial charge >= 0.3 is 0 Å². The summed E-state index contributed by atoms with van der Waals surface area (Å²) in [7, 11) is 0. The van der Waals surface area contributed by atoms with Crippen molar-refractivity contribution in [3.05, 3.63) is 0 Å². The molecule has 1 unspecified atom stereocenters. The van der Waals surface area contributed by atoms with E-state index in [1.807, 2.05) is 0 Å². The van der Waals surface area contributed by atoms with E-state index in [0.29, 0.717) is 0 Å². The maximum atomic E-state index is 8.38. The van der Waals surface area contributed by atoms with Crippen molar-refractivity contribution in [2.75, 3.05) is 19.6 Å². The van der Waals surface area contributed by atoms with Crippen molar-refractivity contribution in [2.24, 2.45) is 5.92 Å². The average Bonchev–Trinajstić information content (AvgIpc) is 2.13. The van der Waals surface area contributed by atoms with Crippen LogP contribution >= 0.6 is 0 Å². The molecule has 0 aromatic heterocycles. The SMILES string of the molecule is CC1CCCN(CCCCC#N)C1. The van der Waals surface area contributed by atoms with Crippen LogP contribution in [-0.4, -0.2) is 24.5 Å². The Balaban J connectivity index is 2.04. The second kappa shape index (κ2) is 5.99. The third kappa shape index (κ3) is 4.28. The Morgan fingerprint density at radius 1 is 1.46 bits per heavy atom. The molecule has 0 radical (unpaired) electrons. The average molecular weight is 180 g/mol. The van der Waals surface area contributed by atoms with Gasteiger partial charge in [-0.25, -0.2) is 0 Å². The maximum Gasteiger partial charge on any atom is 0.0621 e. The Labute approximate surface area is 81.5 Å². The number of nitriles is 1. The van der Waals surface area contributed by atoms with Gasteiger partial charge in [-0.1, -0.05) is 6.92 Å². The molecule has 0 aromatic carbocycles. The minimum Gasteiger partial charge on any atom is -0.303 e. The molecule has 0 aliphatic carbocycles. The lowest BCUT2D eigenvalue weighted by Gasteiger charge is -2.30. The zero-order valence-electron chi connectivity index (χ0n) is 8.63. The summed E-state index contributed by atoms with van der Waals surface area (Å²) in [6.07, 6.45) is 5.75. The van der Waals surface area contributed by atoms with E-state index in [1.165, 1.54) is 38.9 Å². The molecule has 13 heavy (non-hydrogen) atoms. The predicted molar refractivity (Wildman–Crippen MR) is 54.3 cm³/mol. The molecule has 1 atom stereocenters. The first kappa shape index (κ1) is 10.5. The van der Waals surface area contributed by atoms with Gasteiger partial charge in [-0.2, -0.15) is 5.26 Å². The molecule has 0 spiro atoms. The molecule has 1 saturated heterocycles. The zero-order valence-corrected chi connectivity index (χ0v) is 8.63. The Morgan fingerprint density at radius 2 is 2.31 bits per heavy atom. The van der Waals surface area contributed by atoms with Crippen LogP contribution in [0.25, 0.3) is 0 Å². The minimum absolute atomic E-state index is 0.726. The van der Waals surface area contributed by atoms with Crippen LogP contribution in [0.4, 0.5) is 0 Å². The minimum atomic E-state index is 0.726. The van der Waals surface area contributed by atoms with E-state index in [9.17, 15) is 0 Å². The molecular formula is C11H20N2. The Morgan fingerprint density at radius 3 is 3.00 bits per heavy atom. The van der Waals surface area contributed by atoms with Crippen LogP contribution in [-0.2, 0) is 0 Å². The Bertz CT molecular complexity index is 171. The molecule has 0 bridgehead atoms. The molecule has 1 aliphatic rings. The van der Waals surface area contributed by atoms with Gasteiger partial charge in [-0.3, -0.25) is 0 Å². The summed E-state index contributed by atoms with van der Waals surface area (Å²) in [6.45, 7) is 6.08. The molecular weight excluding hydrogens is 160 g/mol. The fraction of sp³-hybridized carbons (Fsp3) is 0.909. The molecule has 1 heterocycles. The van der Waals surface area contributed by atoms with Crippen LogP contribution in [0.1, 0.15) is 39.0 Å². The van der Waals surface area contributed by atoms with Crippen molar-refractivity contribution < 1.29 is 0 Å². The van der Waals surface area contributed by atoms with Gasteiger partial charge in [0.1, 0.15) is 0 Å². The van der Waals surface area contributed by atoms with Gasteiger partial charge in [-0.15, -0.1) is 0 Å². The Hall–Kier alpha value is -0.550. The van der Waals surface area contributed by atoms with E-state index in [0.717, 1.165) is 18.8 Å². The van der Waals surface area contributed by atoms with E-state index in [4.69, 9.17) is 5.26 Å². The monoisotopic (exact) mass is 180 g/mol. The van der Waals surface area contributed by atoms with E-state index in [1.54, 1.807) is 0 Å². The van der Waals surface area contributed by atoms with Crippen LogP contribution in [0.3, 0.4) is 0 Å². The molecule has 74 valence electrons. The topological polar surface area (TPSA) is 27.0 Å². The van der Waals surface area contributed by atoms with Gasteiger partial charge in [0.15, 0.2) is 0 Å². The van der Waals surface area contributed by atoms with Crippen LogP contribution in [0.15, 0.2) is 0 Å². The van der Waals surface area contributed by atoms with Crippen molar-refractivity contribution >= 4 is 0 Å². The molecule has 1 fully saturated rings. The molecule has 0 N–H and O–H groups in total. The Kier molecular flexibility index (Phi) is 4.85. The smallest absolute Gasteiger partial charge is 0.0621 e. The fourth-order valence-electron chi connectivity index (χ4n) is 2.03. The van der Waals surface area contributed by atoms with E-state index in [-0.39, 0.29) is 0 Å². The number of rotatable bonds is 4. The summed E-state index contributed by atoms with van der Waals surface area (Å²) in [5.41, 5.74) is 0. The van der Waals surface area contributed by atoms with Crippen LogP contribution in [0, 0.1) is 17.2 Å². The lowest BCUT2D eigenvalue weighted by Crippen LogP contribution is -2.34. The molecule has 2 heteroatoms. The highest BCUT2D eigenvalue weighted by Gasteiger charge is 2.14. The van der Waals surface area contributed by atoms with Crippen molar-refractivity contribution in [1.82, 2.24) is 4.90 Å². The number of nitrogens with zero attached hydrogens (tertiary/aromatic N) is 2. The highest BCUT2D eigenvalue weighted by Crippen LogP contribution is 2.15. The van der Waals surface area contributed by atoms with E-state index < -0.39 is 0 Å². The van der Waals surface area contributed by atoms with Gasteiger partial charge in [0.2, 0.25) is 0 Å². The highest BCUT2D eigenvalue weighted by atomic mass is 15.1. The predicted octanol–water partition coefficient (Wildman–Crippen LogP) is 2.41. The fourth-order valence-corrected chi connectivity index (χ4v) is 2.03. The van der Waals surface area contributed by atoms with Gasteiger partial charge in [0.05, 0.1) is 6.07 Å². The number of unbranched alkanes of at least 4 members (excludes halogenated alkanes) is 2. The largest absolute Gasteiger partial charge is 0.303 e.